The number of nitriles is 1. The molecule has 196 valence electrons. The van der Waals surface area contributed by atoms with Gasteiger partial charge in [-0.25, -0.2) is 13.9 Å². The molecule has 9 nitrogen and oxygen atoms in total. The Balaban J connectivity index is 1.40. The van der Waals surface area contributed by atoms with Crippen LogP contribution in [0.5, 0.6) is 0 Å². The molecule has 1 saturated heterocycles. The number of piperidine rings is 1. The molecule has 0 aromatic carbocycles. The van der Waals surface area contributed by atoms with Gasteiger partial charge in [-0.2, -0.15) is 15.5 Å². The van der Waals surface area contributed by atoms with Crippen LogP contribution in [0.2, 0.25) is 0 Å². The third-order valence-electron chi connectivity index (χ3n) is 7.01. The average molecular weight is 535 g/mol. The maximum Gasteiger partial charge on any atom is 0.239 e. The summed E-state index contributed by atoms with van der Waals surface area (Å²) < 4.78 is 33.2. The van der Waals surface area contributed by atoms with Gasteiger partial charge in [-0.15, -0.1) is 0 Å². The number of rotatable bonds is 6. The first kappa shape index (κ1) is 23.4. The van der Waals surface area contributed by atoms with Crippen molar-refractivity contribution in [2.24, 2.45) is 0 Å². The SMILES string of the molecule is [2H]CN(C[2H])[C@@H](C)C(=O)N1CCC(n2ncc(-c3cc(Sc4ncccc4F)c4c(C#N)cnn4c3)c2C)CC1. The van der Waals surface area contributed by atoms with Crippen LogP contribution >= 0.6 is 11.8 Å². The summed E-state index contributed by atoms with van der Waals surface area (Å²) in [5, 5.41) is 18.9. The molecule has 1 amide bonds. The van der Waals surface area contributed by atoms with E-state index < -0.39 is 11.9 Å². The van der Waals surface area contributed by atoms with E-state index in [9.17, 15) is 14.4 Å². The molecule has 4 aromatic rings. The molecule has 1 fully saturated rings. The van der Waals surface area contributed by atoms with Crippen LogP contribution in [0.3, 0.4) is 0 Å². The van der Waals surface area contributed by atoms with E-state index in [1.807, 2.05) is 28.8 Å². The van der Waals surface area contributed by atoms with Gasteiger partial charge in [0.2, 0.25) is 5.91 Å². The van der Waals surface area contributed by atoms with Gasteiger partial charge < -0.3 is 4.90 Å². The van der Waals surface area contributed by atoms with Gasteiger partial charge in [-0.1, -0.05) is 11.8 Å². The van der Waals surface area contributed by atoms with Crippen molar-refractivity contribution in [3.05, 3.63) is 60.1 Å². The fourth-order valence-electron chi connectivity index (χ4n) is 4.77. The zero-order valence-electron chi connectivity index (χ0n) is 23.2. The molecule has 4 aromatic heterocycles. The first-order valence-corrected chi connectivity index (χ1v) is 13.0. The summed E-state index contributed by atoms with van der Waals surface area (Å²) in [5.74, 6) is -0.487. The lowest BCUT2D eigenvalue weighted by molar-refractivity contribution is -0.136. The molecule has 1 aliphatic heterocycles. The number of pyridine rings is 2. The van der Waals surface area contributed by atoms with Crippen molar-refractivity contribution in [2.45, 2.75) is 48.7 Å². The van der Waals surface area contributed by atoms with Gasteiger partial charge in [0.1, 0.15) is 11.1 Å². The van der Waals surface area contributed by atoms with Crippen molar-refractivity contribution in [1.29, 1.82) is 5.26 Å². The number of hydrogen-bond donors (Lipinski definition) is 0. The fraction of sp³-hybridized carbons (Fsp3) is 0.370. The maximum atomic E-state index is 14.5. The van der Waals surface area contributed by atoms with Crippen LogP contribution in [0.15, 0.2) is 52.9 Å². The minimum atomic E-state index is -0.491. The van der Waals surface area contributed by atoms with Crippen LogP contribution in [0.25, 0.3) is 16.6 Å². The van der Waals surface area contributed by atoms with E-state index in [0.29, 0.717) is 29.1 Å². The van der Waals surface area contributed by atoms with E-state index in [2.05, 4.69) is 16.2 Å². The molecule has 0 N–H and O–H groups in total. The highest BCUT2D eigenvalue weighted by Crippen LogP contribution is 2.37. The fourth-order valence-corrected chi connectivity index (χ4v) is 5.74. The second-order valence-electron chi connectivity index (χ2n) is 9.36. The zero-order valence-corrected chi connectivity index (χ0v) is 22.0. The number of fused-ring (bicyclic) bond motifs is 1. The van der Waals surface area contributed by atoms with Crippen LogP contribution in [-0.2, 0) is 4.79 Å². The predicted octanol–water partition coefficient (Wildman–Crippen LogP) is 4.18. The topological polar surface area (TPSA) is 95.4 Å². The predicted molar refractivity (Wildman–Crippen MR) is 142 cm³/mol. The highest BCUT2D eigenvalue weighted by molar-refractivity contribution is 7.99. The number of carbonyl (C=O) groups excluding carboxylic acids is 1. The molecule has 0 spiro atoms. The van der Waals surface area contributed by atoms with Crippen molar-refractivity contribution in [2.75, 3.05) is 27.1 Å². The summed E-state index contributed by atoms with van der Waals surface area (Å²) >= 11 is 1.15. The van der Waals surface area contributed by atoms with E-state index >= 15 is 0 Å². The molecule has 1 aliphatic rings. The molecule has 38 heavy (non-hydrogen) atoms. The molecule has 0 unspecified atom stereocenters. The van der Waals surface area contributed by atoms with Crippen molar-refractivity contribution < 1.29 is 11.9 Å². The lowest BCUT2D eigenvalue weighted by Crippen LogP contribution is -2.47. The number of nitrogens with zero attached hydrogens (tertiary/aromatic N) is 8. The quantitative estimate of drug-likeness (QED) is 0.366. The second-order valence-corrected chi connectivity index (χ2v) is 10.4. The summed E-state index contributed by atoms with van der Waals surface area (Å²) in [5.41, 5.74) is 3.66. The monoisotopic (exact) mass is 534 g/mol. The standard InChI is InChI=1S/C27H29FN8OS/c1-17-22(15-32-36(17)21-7-10-34(11-8-21)27(37)18(2)33(3)4)19-12-24(38-26-23(28)6-5-9-30-26)25-20(13-29)14-31-35(25)16-19/h5-6,9,12,14-16,18,21H,7-8,10-11H2,1-4H3/t18-/m0/s1/i3D,4D. The van der Waals surface area contributed by atoms with Crippen LogP contribution in [0.1, 0.15) is 39.8 Å². The smallest absolute Gasteiger partial charge is 0.239 e. The minimum Gasteiger partial charge on any atom is -0.341 e. The summed E-state index contributed by atoms with van der Waals surface area (Å²) in [7, 11) is -0.164. The van der Waals surface area contributed by atoms with Gasteiger partial charge >= 0.3 is 0 Å². The van der Waals surface area contributed by atoms with E-state index in [0.717, 1.165) is 41.4 Å². The number of amides is 1. The molecule has 11 heteroatoms. The number of carbonyl (C=O) groups is 1. The molecule has 5 rings (SSSR count). The number of halogens is 1. The van der Waals surface area contributed by atoms with Crippen LogP contribution < -0.4 is 0 Å². The molecular formula is C27H29FN8OS. The van der Waals surface area contributed by atoms with E-state index in [1.54, 1.807) is 17.6 Å². The third kappa shape index (κ3) is 4.77. The Kier molecular flexibility index (Phi) is 6.49. The third-order valence-corrected chi connectivity index (χ3v) is 8.04. The number of likely N-dealkylation sites (tertiary alicyclic amines) is 1. The molecule has 0 aliphatic carbocycles. The average Bonchev–Trinajstić information content (AvgIpc) is 3.57. The second kappa shape index (κ2) is 10.6. The van der Waals surface area contributed by atoms with Gasteiger partial charge in [-0.05, 0) is 58.9 Å². The molecule has 0 bridgehead atoms. The summed E-state index contributed by atoms with van der Waals surface area (Å²) in [6, 6.07) is 6.59. The summed E-state index contributed by atoms with van der Waals surface area (Å²) in [4.78, 5) is 21.1. The lowest BCUT2D eigenvalue weighted by Gasteiger charge is -2.35. The molecule has 1 atom stereocenters. The van der Waals surface area contributed by atoms with Crippen molar-refractivity contribution >= 4 is 23.2 Å². The Labute approximate surface area is 227 Å². The van der Waals surface area contributed by atoms with E-state index in [-0.39, 0.29) is 31.0 Å². The van der Waals surface area contributed by atoms with E-state index in [1.165, 1.54) is 29.4 Å². The highest BCUT2D eigenvalue weighted by atomic mass is 32.2. The van der Waals surface area contributed by atoms with Crippen molar-refractivity contribution in [3.8, 4) is 17.2 Å². The van der Waals surface area contributed by atoms with Gasteiger partial charge in [-0.3, -0.25) is 14.4 Å². The molecule has 0 saturated carbocycles. The summed E-state index contributed by atoms with van der Waals surface area (Å²) in [6.07, 6.45) is 8.16. The minimum absolute atomic E-state index is 0.0468. The van der Waals surface area contributed by atoms with Crippen molar-refractivity contribution in [3.63, 3.8) is 0 Å². The van der Waals surface area contributed by atoms with Gasteiger partial charge in [0.05, 0.1) is 35.6 Å². The van der Waals surface area contributed by atoms with Crippen LogP contribution in [0, 0.1) is 24.1 Å². The maximum absolute atomic E-state index is 14.5. The zero-order chi connectivity index (χ0) is 28.4. The highest BCUT2D eigenvalue weighted by Gasteiger charge is 2.29. The summed E-state index contributed by atoms with van der Waals surface area (Å²) in [6.45, 7) is 4.92. The molecule has 0 radical (unpaired) electrons. The first-order chi connectivity index (χ1) is 19.4. The largest absolute Gasteiger partial charge is 0.341 e. The Morgan fingerprint density at radius 1 is 1.32 bits per heavy atom. The first-order valence-electron chi connectivity index (χ1n) is 13.6. The lowest BCUT2D eigenvalue weighted by atomic mass is 10.0. The van der Waals surface area contributed by atoms with Crippen LogP contribution in [0.4, 0.5) is 4.39 Å². The molecular weight excluding hydrogens is 503 g/mol. The van der Waals surface area contributed by atoms with Crippen molar-refractivity contribution in [1.82, 2.24) is 34.2 Å². The normalized spacial score (nSPS) is 15.9. The van der Waals surface area contributed by atoms with Gasteiger partial charge in [0.25, 0.3) is 0 Å². The number of aromatic nitrogens is 5. The van der Waals surface area contributed by atoms with Gasteiger partial charge in [0, 0.05) is 49.9 Å². The Morgan fingerprint density at radius 2 is 2.11 bits per heavy atom. The van der Waals surface area contributed by atoms with Crippen LogP contribution in [-0.4, -0.2) is 73.3 Å². The Morgan fingerprint density at radius 3 is 2.82 bits per heavy atom. The number of hydrogen-bond acceptors (Lipinski definition) is 7. The molecule has 5 heterocycles. The Hall–Kier alpha value is -3.75. The number of likely N-dealkylation sites (N-methyl/N-ethyl adjacent to an activating group) is 1. The Bertz CT molecular complexity index is 1570. The van der Waals surface area contributed by atoms with Gasteiger partial charge in [0.15, 0.2) is 5.82 Å². The van der Waals surface area contributed by atoms with E-state index in [4.69, 9.17) is 7.84 Å².